The van der Waals surface area contributed by atoms with Crippen molar-refractivity contribution in [1.82, 2.24) is 20.2 Å². The fourth-order valence-electron chi connectivity index (χ4n) is 4.46. The molecule has 118 valence electrons. The van der Waals surface area contributed by atoms with Gasteiger partial charge in [-0.1, -0.05) is 6.92 Å². The number of hydrogen-bond donors (Lipinski definition) is 2. The number of hydrogen-bond acceptors (Lipinski definition) is 4. The molecule has 2 fully saturated rings. The maximum atomic E-state index is 13.0. The zero-order chi connectivity index (χ0) is 15.4. The van der Waals surface area contributed by atoms with Gasteiger partial charge in [-0.25, -0.2) is 4.98 Å². The first-order valence-electron chi connectivity index (χ1n) is 8.11. The molecule has 1 aliphatic carbocycles. The largest absolute Gasteiger partial charge is 0.336 e. The Hall–Kier alpha value is -1.69. The van der Waals surface area contributed by atoms with Crippen LogP contribution in [-0.2, 0) is 17.8 Å². The number of carbonyl (C=O) groups is 1. The van der Waals surface area contributed by atoms with E-state index in [1.165, 1.54) is 6.33 Å². The second-order valence-electron chi connectivity index (χ2n) is 7.17. The van der Waals surface area contributed by atoms with Crippen LogP contribution in [0.1, 0.15) is 37.4 Å². The standard InChI is InChI=1S/C16H22N4O2/c1-15(9-16(15)3-5-17-6-4-16)14(22)20-7-2-11-12(8-20)18-10-19-13(11)21/h10,17H,2-9H2,1H3,(H,18,19,21). The van der Waals surface area contributed by atoms with Crippen molar-refractivity contribution in [1.29, 1.82) is 0 Å². The van der Waals surface area contributed by atoms with Crippen LogP contribution in [0.25, 0.3) is 0 Å². The molecule has 1 amide bonds. The number of nitrogens with one attached hydrogen (secondary N) is 2. The molecule has 4 rings (SSSR count). The number of piperidine rings is 1. The summed E-state index contributed by atoms with van der Waals surface area (Å²) in [6.45, 7) is 5.26. The fourth-order valence-corrected chi connectivity index (χ4v) is 4.46. The first-order chi connectivity index (χ1) is 10.6. The van der Waals surface area contributed by atoms with Gasteiger partial charge >= 0.3 is 0 Å². The lowest BCUT2D eigenvalue weighted by atomic mass is 9.84. The summed E-state index contributed by atoms with van der Waals surface area (Å²) < 4.78 is 0. The lowest BCUT2D eigenvalue weighted by molar-refractivity contribution is -0.139. The number of rotatable bonds is 1. The summed E-state index contributed by atoms with van der Waals surface area (Å²) in [6, 6.07) is 0. The molecule has 3 aliphatic rings. The van der Waals surface area contributed by atoms with Crippen molar-refractivity contribution < 1.29 is 4.79 Å². The second kappa shape index (κ2) is 4.65. The van der Waals surface area contributed by atoms with E-state index in [-0.39, 0.29) is 22.3 Å². The number of amides is 1. The predicted molar refractivity (Wildman–Crippen MR) is 81.2 cm³/mol. The minimum atomic E-state index is -0.214. The zero-order valence-corrected chi connectivity index (χ0v) is 12.9. The Balaban J connectivity index is 1.54. The molecular formula is C16H22N4O2. The van der Waals surface area contributed by atoms with Gasteiger partial charge in [0, 0.05) is 12.1 Å². The van der Waals surface area contributed by atoms with Gasteiger partial charge in [0.05, 0.1) is 24.0 Å². The van der Waals surface area contributed by atoms with E-state index in [9.17, 15) is 9.59 Å². The molecule has 6 heteroatoms. The van der Waals surface area contributed by atoms with Crippen LogP contribution in [0.2, 0.25) is 0 Å². The van der Waals surface area contributed by atoms with Crippen LogP contribution in [0.3, 0.4) is 0 Å². The van der Waals surface area contributed by atoms with Gasteiger partial charge in [-0.3, -0.25) is 9.59 Å². The molecule has 6 nitrogen and oxygen atoms in total. The maximum absolute atomic E-state index is 13.0. The van der Waals surface area contributed by atoms with Crippen LogP contribution >= 0.6 is 0 Å². The van der Waals surface area contributed by atoms with Crippen molar-refractivity contribution in [2.24, 2.45) is 10.8 Å². The Morgan fingerprint density at radius 3 is 2.91 bits per heavy atom. The van der Waals surface area contributed by atoms with E-state index in [2.05, 4.69) is 22.2 Å². The Labute approximate surface area is 129 Å². The number of H-pyrrole nitrogens is 1. The van der Waals surface area contributed by atoms with Crippen molar-refractivity contribution in [3.05, 3.63) is 27.9 Å². The van der Waals surface area contributed by atoms with Gasteiger partial charge in [0.25, 0.3) is 5.56 Å². The van der Waals surface area contributed by atoms with Crippen LogP contribution in [-0.4, -0.2) is 40.4 Å². The SMILES string of the molecule is CC1(C(=O)N2CCc3c(nc[nH]c3=O)C2)CC12CCNCC2. The van der Waals surface area contributed by atoms with E-state index in [1.54, 1.807) is 0 Å². The van der Waals surface area contributed by atoms with Gasteiger partial charge in [0.1, 0.15) is 0 Å². The quantitative estimate of drug-likeness (QED) is 0.789. The summed E-state index contributed by atoms with van der Waals surface area (Å²) in [7, 11) is 0. The van der Waals surface area contributed by atoms with Gasteiger partial charge in [0.2, 0.25) is 5.91 Å². The molecule has 1 aromatic heterocycles. The molecule has 1 unspecified atom stereocenters. The molecule has 3 heterocycles. The summed E-state index contributed by atoms with van der Waals surface area (Å²) in [5.41, 5.74) is 1.42. The van der Waals surface area contributed by atoms with Gasteiger partial charge in [-0.15, -0.1) is 0 Å². The molecule has 1 spiro atoms. The van der Waals surface area contributed by atoms with E-state index in [4.69, 9.17) is 0 Å². The lowest BCUT2D eigenvalue weighted by Gasteiger charge is -2.33. The highest BCUT2D eigenvalue weighted by atomic mass is 16.2. The van der Waals surface area contributed by atoms with E-state index >= 15 is 0 Å². The average Bonchev–Trinajstić information content (AvgIpc) is 3.11. The molecule has 2 N–H and O–H groups in total. The molecule has 1 saturated carbocycles. The maximum Gasteiger partial charge on any atom is 0.254 e. The van der Waals surface area contributed by atoms with E-state index < -0.39 is 0 Å². The first-order valence-corrected chi connectivity index (χ1v) is 8.11. The molecule has 0 radical (unpaired) electrons. The number of nitrogens with zero attached hydrogens (tertiary/aromatic N) is 2. The Morgan fingerprint density at radius 2 is 2.14 bits per heavy atom. The minimum Gasteiger partial charge on any atom is -0.336 e. The van der Waals surface area contributed by atoms with Crippen LogP contribution in [0, 0.1) is 10.8 Å². The fraction of sp³-hybridized carbons (Fsp3) is 0.688. The Morgan fingerprint density at radius 1 is 1.36 bits per heavy atom. The molecule has 1 aromatic rings. The molecular weight excluding hydrogens is 280 g/mol. The van der Waals surface area contributed by atoms with Crippen molar-refractivity contribution in [2.45, 2.75) is 39.2 Å². The third kappa shape index (κ3) is 1.86. The molecule has 22 heavy (non-hydrogen) atoms. The van der Waals surface area contributed by atoms with Gasteiger partial charge in [0.15, 0.2) is 0 Å². The van der Waals surface area contributed by atoms with Crippen molar-refractivity contribution >= 4 is 5.91 Å². The van der Waals surface area contributed by atoms with Crippen LogP contribution in [0.15, 0.2) is 11.1 Å². The number of carbonyl (C=O) groups excluding carboxylic acids is 1. The zero-order valence-electron chi connectivity index (χ0n) is 12.9. The van der Waals surface area contributed by atoms with E-state index in [0.717, 1.165) is 43.6 Å². The van der Waals surface area contributed by atoms with Gasteiger partial charge in [-0.2, -0.15) is 0 Å². The number of fused-ring (bicyclic) bond motifs is 1. The normalized spacial score (nSPS) is 29.2. The average molecular weight is 302 g/mol. The summed E-state index contributed by atoms with van der Waals surface area (Å²) in [4.78, 5) is 33.6. The van der Waals surface area contributed by atoms with Crippen LogP contribution in [0.4, 0.5) is 0 Å². The summed E-state index contributed by atoms with van der Waals surface area (Å²) in [5, 5.41) is 3.38. The second-order valence-corrected chi connectivity index (χ2v) is 7.17. The molecule has 2 aliphatic heterocycles. The number of aromatic amines is 1. The van der Waals surface area contributed by atoms with Gasteiger partial charge in [-0.05, 0) is 44.2 Å². The van der Waals surface area contributed by atoms with Crippen molar-refractivity contribution in [2.75, 3.05) is 19.6 Å². The number of aromatic nitrogens is 2. The summed E-state index contributed by atoms with van der Waals surface area (Å²) >= 11 is 0. The Bertz CT molecular complexity index is 677. The van der Waals surface area contributed by atoms with Crippen molar-refractivity contribution in [3.63, 3.8) is 0 Å². The molecule has 0 aromatic carbocycles. The highest BCUT2D eigenvalue weighted by molar-refractivity contribution is 5.87. The summed E-state index contributed by atoms with van der Waals surface area (Å²) in [5.74, 6) is 0.252. The molecule has 1 saturated heterocycles. The third-order valence-corrected chi connectivity index (χ3v) is 6.07. The predicted octanol–water partition coefficient (Wildman–Crippen LogP) is 0.434. The smallest absolute Gasteiger partial charge is 0.254 e. The van der Waals surface area contributed by atoms with Crippen LogP contribution in [0.5, 0.6) is 0 Å². The van der Waals surface area contributed by atoms with Crippen molar-refractivity contribution in [3.8, 4) is 0 Å². The highest BCUT2D eigenvalue weighted by Gasteiger charge is 2.68. The summed E-state index contributed by atoms with van der Waals surface area (Å²) in [6.07, 6.45) is 5.24. The third-order valence-electron chi connectivity index (χ3n) is 6.07. The van der Waals surface area contributed by atoms with Gasteiger partial charge < -0.3 is 15.2 Å². The molecule has 0 bridgehead atoms. The van der Waals surface area contributed by atoms with E-state index in [1.807, 2.05) is 4.90 Å². The van der Waals surface area contributed by atoms with Crippen LogP contribution < -0.4 is 10.9 Å². The lowest BCUT2D eigenvalue weighted by Crippen LogP contribution is -2.44. The van der Waals surface area contributed by atoms with E-state index in [0.29, 0.717) is 19.5 Å². The molecule has 1 atom stereocenters. The highest BCUT2D eigenvalue weighted by Crippen LogP contribution is 2.69. The first kappa shape index (κ1) is 13.9. The monoisotopic (exact) mass is 302 g/mol. The minimum absolute atomic E-state index is 0.0652. The topological polar surface area (TPSA) is 78.1 Å². The Kier molecular flexibility index (Phi) is 2.95.